The molecule has 0 saturated carbocycles. The summed E-state index contributed by atoms with van der Waals surface area (Å²) >= 11 is 11.2. The maximum Gasteiger partial charge on any atom is 0.257 e. The van der Waals surface area contributed by atoms with E-state index in [0.29, 0.717) is 17.1 Å². The molecule has 2 aromatic carbocycles. The fourth-order valence-electron chi connectivity index (χ4n) is 1.86. The van der Waals surface area contributed by atoms with E-state index >= 15 is 0 Å². The van der Waals surface area contributed by atoms with Crippen molar-refractivity contribution in [2.45, 2.75) is 13.5 Å². The minimum absolute atomic E-state index is 0.218. The number of aryl methyl sites for hydroxylation is 1. The molecule has 3 nitrogen and oxygen atoms in total. The van der Waals surface area contributed by atoms with Crippen molar-refractivity contribution in [2.75, 3.05) is 0 Å². The summed E-state index contributed by atoms with van der Waals surface area (Å²) in [6, 6.07) is 14.8. The van der Waals surface area contributed by atoms with Crippen LogP contribution in [0, 0.1) is 6.92 Å². The quantitative estimate of drug-likeness (QED) is 0.852. The molecule has 108 valence electrons. The van der Waals surface area contributed by atoms with E-state index in [9.17, 15) is 4.79 Å². The Morgan fingerprint density at radius 1 is 1.14 bits per heavy atom. The van der Waals surface area contributed by atoms with Gasteiger partial charge in [-0.15, -0.1) is 0 Å². The third-order valence-corrected chi connectivity index (χ3v) is 3.63. The smallest absolute Gasteiger partial charge is 0.257 e. The zero-order valence-corrected chi connectivity index (χ0v) is 13.1. The summed E-state index contributed by atoms with van der Waals surface area (Å²) in [5.74, 6) is -0.218. The first-order valence-corrected chi connectivity index (χ1v) is 7.25. The summed E-state index contributed by atoms with van der Waals surface area (Å²) in [6.07, 6.45) is 0. The first-order valence-electron chi connectivity index (χ1n) is 6.46. The molecule has 21 heavy (non-hydrogen) atoms. The van der Waals surface area contributed by atoms with Gasteiger partial charge >= 0.3 is 0 Å². The van der Waals surface area contributed by atoms with Gasteiger partial charge in [0.1, 0.15) is 0 Å². The van der Waals surface area contributed by atoms with Gasteiger partial charge in [-0.3, -0.25) is 10.1 Å². The summed E-state index contributed by atoms with van der Waals surface area (Å²) in [7, 11) is 0. The number of carbonyl (C=O) groups excluding carboxylic acids is 1. The molecule has 2 rings (SSSR count). The normalized spacial score (nSPS) is 10.0. The fourth-order valence-corrected chi connectivity index (χ4v) is 2.23. The topological polar surface area (TPSA) is 41.1 Å². The summed E-state index contributed by atoms with van der Waals surface area (Å²) in [4.78, 5) is 12.1. The standard InChI is InChI=1S/C16H15ClN2OS/c1-11-6-2-4-8-13(11)15(20)19-16(21)18-10-12-7-3-5-9-14(12)17/h2-9H,10H2,1H3,(H2,18,19,20,21). The van der Waals surface area contributed by atoms with E-state index < -0.39 is 0 Å². The van der Waals surface area contributed by atoms with E-state index in [0.717, 1.165) is 11.1 Å². The van der Waals surface area contributed by atoms with Crippen LogP contribution in [0.5, 0.6) is 0 Å². The predicted molar refractivity (Wildman–Crippen MR) is 89.5 cm³/mol. The molecule has 0 aliphatic heterocycles. The molecular formula is C16H15ClN2OS. The van der Waals surface area contributed by atoms with Crippen molar-refractivity contribution in [3.05, 3.63) is 70.2 Å². The first kappa shape index (κ1) is 15.5. The van der Waals surface area contributed by atoms with Gasteiger partial charge in [-0.1, -0.05) is 48.0 Å². The van der Waals surface area contributed by atoms with Crippen LogP contribution >= 0.6 is 23.8 Å². The molecule has 5 heteroatoms. The first-order chi connectivity index (χ1) is 10.1. The van der Waals surface area contributed by atoms with Crippen molar-refractivity contribution >= 4 is 34.8 Å². The van der Waals surface area contributed by atoms with Crippen LogP contribution in [0.4, 0.5) is 0 Å². The fraction of sp³-hybridized carbons (Fsp3) is 0.125. The summed E-state index contributed by atoms with van der Waals surface area (Å²) in [6.45, 7) is 2.35. The van der Waals surface area contributed by atoms with Crippen LogP contribution < -0.4 is 10.6 Å². The van der Waals surface area contributed by atoms with E-state index in [2.05, 4.69) is 10.6 Å². The summed E-state index contributed by atoms with van der Waals surface area (Å²) in [5, 5.41) is 6.59. The van der Waals surface area contributed by atoms with Crippen LogP contribution in [0.25, 0.3) is 0 Å². The van der Waals surface area contributed by atoms with Gasteiger partial charge in [-0.2, -0.15) is 0 Å². The SMILES string of the molecule is Cc1ccccc1C(=O)NC(=S)NCc1ccccc1Cl. The lowest BCUT2D eigenvalue weighted by atomic mass is 10.1. The third kappa shape index (κ3) is 4.28. The third-order valence-electron chi connectivity index (χ3n) is 3.01. The summed E-state index contributed by atoms with van der Waals surface area (Å²) < 4.78 is 0. The van der Waals surface area contributed by atoms with Crippen LogP contribution in [-0.2, 0) is 6.54 Å². The molecule has 0 radical (unpaired) electrons. The highest BCUT2D eigenvalue weighted by Gasteiger charge is 2.09. The largest absolute Gasteiger partial charge is 0.358 e. The van der Waals surface area contributed by atoms with E-state index in [1.807, 2.05) is 49.4 Å². The molecule has 0 atom stereocenters. The van der Waals surface area contributed by atoms with Crippen molar-refractivity contribution in [3.8, 4) is 0 Å². The molecule has 2 aromatic rings. The number of benzene rings is 2. The molecule has 0 aromatic heterocycles. The van der Waals surface area contributed by atoms with Gasteiger partial charge in [0.2, 0.25) is 0 Å². The Bertz CT molecular complexity index is 673. The van der Waals surface area contributed by atoms with Crippen molar-refractivity contribution in [3.63, 3.8) is 0 Å². The maximum absolute atomic E-state index is 12.1. The Kier molecular flexibility index (Phi) is 5.31. The molecule has 0 spiro atoms. The highest BCUT2D eigenvalue weighted by atomic mass is 35.5. The van der Waals surface area contributed by atoms with Gasteiger partial charge in [-0.05, 0) is 42.4 Å². The second-order valence-corrected chi connectivity index (χ2v) is 5.36. The molecule has 2 N–H and O–H groups in total. The Labute approximate surface area is 134 Å². The molecule has 0 unspecified atom stereocenters. The van der Waals surface area contributed by atoms with Gasteiger partial charge in [0.05, 0.1) is 0 Å². The number of rotatable bonds is 3. The van der Waals surface area contributed by atoms with Gasteiger partial charge in [0.25, 0.3) is 5.91 Å². The molecule has 0 aliphatic rings. The Morgan fingerprint density at radius 3 is 2.52 bits per heavy atom. The van der Waals surface area contributed by atoms with Gasteiger partial charge in [0.15, 0.2) is 5.11 Å². The second-order valence-electron chi connectivity index (χ2n) is 4.54. The predicted octanol–water partition coefficient (Wildman–Crippen LogP) is 3.45. The van der Waals surface area contributed by atoms with Gasteiger partial charge < -0.3 is 5.32 Å². The lowest BCUT2D eigenvalue weighted by Crippen LogP contribution is -2.39. The van der Waals surface area contributed by atoms with Crippen LogP contribution in [0.2, 0.25) is 5.02 Å². The molecule has 0 aliphatic carbocycles. The number of nitrogens with one attached hydrogen (secondary N) is 2. The molecule has 0 bridgehead atoms. The Hall–Kier alpha value is -1.91. The van der Waals surface area contributed by atoms with Crippen molar-refractivity contribution < 1.29 is 4.79 Å². The Morgan fingerprint density at radius 2 is 1.81 bits per heavy atom. The molecule has 1 amide bonds. The zero-order valence-electron chi connectivity index (χ0n) is 11.5. The van der Waals surface area contributed by atoms with Gasteiger partial charge in [0, 0.05) is 17.1 Å². The van der Waals surface area contributed by atoms with Crippen LogP contribution in [0.3, 0.4) is 0 Å². The highest BCUT2D eigenvalue weighted by Crippen LogP contribution is 2.14. The van der Waals surface area contributed by atoms with E-state index in [1.165, 1.54) is 0 Å². The van der Waals surface area contributed by atoms with Crippen LogP contribution in [0.1, 0.15) is 21.5 Å². The second kappa shape index (κ2) is 7.20. The number of halogens is 1. The molecular weight excluding hydrogens is 304 g/mol. The zero-order chi connectivity index (χ0) is 15.2. The number of hydrogen-bond acceptors (Lipinski definition) is 2. The average molecular weight is 319 g/mol. The minimum Gasteiger partial charge on any atom is -0.358 e. The molecule has 0 saturated heterocycles. The molecule has 0 heterocycles. The van der Waals surface area contributed by atoms with E-state index in [1.54, 1.807) is 6.07 Å². The van der Waals surface area contributed by atoms with E-state index in [4.69, 9.17) is 23.8 Å². The van der Waals surface area contributed by atoms with E-state index in [-0.39, 0.29) is 11.0 Å². The average Bonchev–Trinajstić information content (AvgIpc) is 2.46. The summed E-state index contributed by atoms with van der Waals surface area (Å²) in [5.41, 5.74) is 2.44. The monoisotopic (exact) mass is 318 g/mol. The highest BCUT2D eigenvalue weighted by molar-refractivity contribution is 7.80. The number of carbonyl (C=O) groups is 1. The van der Waals surface area contributed by atoms with Crippen molar-refractivity contribution in [1.29, 1.82) is 0 Å². The van der Waals surface area contributed by atoms with Crippen molar-refractivity contribution in [2.24, 2.45) is 0 Å². The minimum atomic E-state index is -0.218. The van der Waals surface area contributed by atoms with Crippen LogP contribution in [-0.4, -0.2) is 11.0 Å². The lowest BCUT2D eigenvalue weighted by molar-refractivity contribution is 0.0976. The number of thiocarbonyl (C=S) groups is 1. The number of amides is 1. The molecule has 0 fully saturated rings. The number of hydrogen-bond donors (Lipinski definition) is 2. The Balaban J connectivity index is 1.92. The van der Waals surface area contributed by atoms with Crippen molar-refractivity contribution in [1.82, 2.24) is 10.6 Å². The van der Waals surface area contributed by atoms with Crippen LogP contribution in [0.15, 0.2) is 48.5 Å². The lowest BCUT2D eigenvalue weighted by Gasteiger charge is -2.11. The van der Waals surface area contributed by atoms with Gasteiger partial charge in [-0.25, -0.2) is 0 Å². The maximum atomic E-state index is 12.1.